The van der Waals surface area contributed by atoms with Crippen molar-refractivity contribution in [3.05, 3.63) is 69.8 Å². The summed E-state index contributed by atoms with van der Waals surface area (Å²) in [5.74, 6) is -0.236. The molecule has 0 bridgehead atoms. The standard InChI is InChI=1S/C18H16BrN3O/c1-12-16(15-8-3-4-9-17(15)22(12)2)11-20-21-18(23)13-6-5-7-14(19)10-13/h3-11H,1-2H3,(H,21,23)/b20-11+. The summed E-state index contributed by atoms with van der Waals surface area (Å²) in [6.07, 6.45) is 1.70. The molecule has 23 heavy (non-hydrogen) atoms. The number of rotatable bonds is 3. The number of benzene rings is 2. The van der Waals surface area contributed by atoms with E-state index in [1.165, 1.54) is 0 Å². The largest absolute Gasteiger partial charge is 0.347 e. The van der Waals surface area contributed by atoms with E-state index in [0.29, 0.717) is 5.56 Å². The van der Waals surface area contributed by atoms with E-state index in [9.17, 15) is 4.79 Å². The molecule has 0 aliphatic carbocycles. The minimum absolute atomic E-state index is 0.236. The van der Waals surface area contributed by atoms with Crippen molar-refractivity contribution >= 4 is 39.0 Å². The number of aryl methyl sites for hydroxylation is 1. The van der Waals surface area contributed by atoms with Crippen LogP contribution in [-0.2, 0) is 7.05 Å². The van der Waals surface area contributed by atoms with Crippen LogP contribution in [0.4, 0.5) is 0 Å². The van der Waals surface area contributed by atoms with Gasteiger partial charge in [-0.3, -0.25) is 4.79 Å². The van der Waals surface area contributed by atoms with Crippen molar-refractivity contribution in [1.82, 2.24) is 9.99 Å². The number of nitrogens with zero attached hydrogens (tertiary/aromatic N) is 2. The number of nitrogens with one attached hydrogen (secondary N) is 1. The van der Waals surface area contributed by atoms with Gasteiger partial charge >= 0.3 is 0 Å². The zero-order valence-electron chi connectivity index (χ0n) is 12.9. The Hall–Kier alpha value is -2.40. The van der Waals surface area contributed by atoms with Crippen LogP contribution in [0.2, 0.25) is 0 Å². The number of hydrogen-bond acceptors (Lipinski definition) is 2. The molecule has 0 saturated heterocycles. The molecule has 4 nitrogen and oxygen atoms in total. The van der Waals surface area contributed by atoms with Crippen molar-refractivity contribution in [3.63, 3.8) is 0 Å². The average Bonchev–Trinajstić information content (AvgIpc) is 2.80. The first-order valence-electron chi connectivity index (χ1n) is 7.21. The van der Waals surface area contributed by atoms with Crippen LogP contribution in [0, 0.1) is 6.92 Å². The fourth-order valence-electron chi connectivity index (χ4n) is 2.56. The Bertz CT molecular complexity index is 912. The van der Waals surface area contributed by atoms with Crippen LogP contribution in [0.5, 0.6) is 0 Å². The smallest absolute Gasteiger partial charge is 0.271 e. The van der Waals surface area contributed by atoms with E-state index >= 15 is 0 Å². The van der Waals surface area contributed by atoms with Gasteiger partial charge in [-0.25, -0.2) is 5.43 Å². The monoisotopic (exact) mass is 369 g/mol. The van der Waals surface area contributed by atoms with Crippen LogP contribution in [-0.4, -0.2) is 16.7 Å². The van der Waals surface area contributed by atoms with Gasteiger partial charge < -0.3 is 4.57 Å². The summed E-state index contributed by atoms with van der Waals surface area (Å²) in [4.78, 5) is 12.1. The second kappa shape index (κ2) is 6.38. The number of para-hydroxylation sites is 1. The molecule has 3 rings (SSSR count). The molecular formula is C18H16BrN3O. The normalized spacial score (nSPS) is 11.3. The molecule has 0 aliphatic rings. The number of carbonyl (C=O) groups excluding carboxylic acids is 1. The molecule has 0 atom stereocenters. The molecule has 1 heterocycles. The quantitative estimate of drug-likeness (QED) is 0.550. The highest BCUT2D eigenvalue weighted by Crippen LogP contribution is 2.23. The molecule has 0 spiro atoms. The van der Waals surface area contributed by atoms with Gasteiger partial charge in [0.05, 0.1) is 6.21 Å². The zero-order valence-corrected chi connectivity index (χ0v) is 14.5. The van der Waals surface area contributed by atoms with Crippen molar-refractivity contribution in [3.8, 4) is 0 Å². The number of carbonyl (C=O) groups is 1. The van der Waals surface area contributed by atoms with E-state index in [1.807, 2.05) is 38.2 Å². The second-order valence-corrected chi connectivity index (χ2v) is 6.20. The lowest BCUT2D eigenvalue weighted by Crippen LogP contribution is -2.17. The summed E-state index contributed by atoms with van der Waals surface area (Å²) >= 11 is 3.35. The third-order valence-electron chi connectivity index (χ3n) is 3.90. The van der Waals surface area contributed by atoms with E-state index in [-0.39, 0.29) is 5.91 Å². The van der Waals surface area contributed by atoms with Crippen LogP contribution < -0.4 is 5.43 Å². The lowest BCUT2D eigenvalue weighted by Gasteiger charge is -2.00. The van der Waals surface area contributed by atoms with Gasteiger partial charge in [0.2, 0.25) is 0 Å². The van der Waals surface area contributed by atoms with Gasteiger partial charge in [0, 0.05) is 39.2 Å². The number of halogens is 1. The number of hydrazone groups is 1. The summed E-state index contributed by atoms with van der Waals surface area (Å²) in [6.45, 7) is 2.04. The number of aromatic nitrogens is 1. The van der Waals surface area contributed by atoms with Gasteiger partial charge in [-0.2, -0.15) is 5.10 Å². The molecule has 0 fully saturated rings. The van der Waals surface area contributed by atoms with Gasteiger partial charge in [0.15, 0.2) is 0 Å². The van der Waals surface area contributed by atoms with Crippen molar-refractivity contribution in [1.29, 1.82) is 0 Å². The highest BCUT2D eigenvalue weighted by atomic mass is 79.9. The van der Waals surface area contributed by atoms with Gasteiger partial charge in [0.1, 0.15) is 0 Å². The number of fused-ring (bicyclic) bond motifs is 1. The second-order valence-electron chi connectivity index (χ2n) is 5.28. The molecule has 0 radical (unpaired) electrons. The van der Waals surface area contributed by atoms with E-state index in [0.717, 1.165) is 26.6 Å². The molecule has 0 aliphatic heterocycles. The highest BCUT2D eigenvalue weighted by molar-refractivity contribution is 9.10. The Kier molecular flexibility index (Phi) is 4.30. The third kappa shape index (κ3) is 3.05. The molecule has 3 aromatic rings. The van der Waals surface area contributed by atoms with E-state index in [1.54, 1.807) is 18.3 Å². The third-order valence-corrected chi connectivity index (χ3v) is 4.39. The van der Waals surface area contributed by atoms with Crippen molar-refractivity contribution in [2.45, 2.75) is 6.92 Å². The summed E-state index contributed by atoms with van der Waals surface area (Å²) < 4.78 is 2.98. The zero-order chi connectivity index (χ0) is 16.4. The maximum atomic E-state index is 12.1. The lowest BCUT2D eigenvalue weighted by molar-refractivity contribution is 0.0955. The Morgan fingerprint density at radius 2 is 2.00 bits per heavy atom. The Labute approximate surface area is 142 Å². The maximum absolute atomic E-state index is 12.1. The first kappa shape index (κ1) is 15.5. The highest BCUT2D eigenvalue weighted by Gasteiger charge is 2.09. The molecule has 1 aromatic heterocycles. The minimum atomic E-state index is -0.236. The minimum Gasteiger partial charge on any atom is -0.347 e. The summed E-state index contributed by atoms with van der Waals surface area (Å²) in [7, 11) is 2.02. The number of amides is 1. The Morgan fingerprint density at radius 1 is 1.22 bits per heavy atom. The fraction of sp³-hybridized carbons (Fsp3) is 0.111. The first-order chi connectivity index (χ1) is 11.1. The van der Waals surface area contributed by atoms with E-state index in [4.69, 9.17) is 0 Å². The molecule has 1 N–H and O–H groups in total. The fourth-order valence-corrected chi connectivity index (χ4v) is 2.96. The van der Waals surface area contributed by atoms with Gasteiger partial charge in [-0.15, -0.1) is 0 Å². The SMILES string of the molecule is Cc1c(/C=N/NC(=O)c2cccc(Br)c2)c2ccccc2n1C. The molecule has 1 amide bonds. The topological polar surface area (TPSA) is 46.4 Å². The van der Waals surface area contributed by atoms with Gasteiger partial charge in [0.25, 0.3) is 5.91 Å². The van der Waals surface area contributed by atoms with Crippen LogP contribution in [0.1, 0.15) is 21.6 Å². The van der Waals surface area contributed by atoms with E-state index < -0.39 is 0 Å². The molecule has 0 saturated carbocycles. The molecule has 2 aromatic carbocycles. The predicted octanol–water partition coefficient (Wildman–Crippen LogP) is 4.01. The number of hydrogen-bond donors (Lipinski definition) is 1. The van der Waals surface area contributed by atoms with Gasteiger partial charge in [-0.05, 0) is 31.2 Å². The Balaban J connectivity index is 1.84. The summed E-state index contributed by atoms with van der Waals surface area (Å²) in [5, 5.41) is 5.24. The Morgan fingerprint density at radius 3 is 2.78 bits per heavy atom. The first-order valence-corrected chi connectivity index (χ1v) is 8.00. The summed E-state index contributed by atoms with van der Waals surface area (Å²) in [5.41, 5.74) is 6.40. The van der Waals surface area contributed by atoms with E-state index in [2.05, 4.69) is 43.2 Å². The average molecular weight is 370 g/mol. The van der Waals surface area contributed by atoms with Crippen molar-refractivity contribution in [2.75, 3.05) is 0 Å². The van der Waals surface area contributed by atoms with Crippen molar-refractivity contribution < 1.29 is 4.79 Å². The van der Waals surface area contributed by atoms with Crippen LogP contribution >= 0.6 is 15.9 Å². The predicted molar refractivity (Wildman–Crippen MR) is 96.9 cm³/mol. The maximum Gasteiger partial charge on any atom is 0.271 e. The van der Waals surface area contributed by atoms with Crippen LogP contribution in [0.25, 0.3) is 10.9 Å². The lowest BCUT2D eigenvalue weighted by atomic mass is 10.1. The van der Waals surface area contributed by atoms with Crippen LogP contribution in [0.3, 0.4) is 0 Å². The molecular weight excluding hydrogens is 354 g/mol. The summed E-state index contributed by atoms with van der Waals surface area (Å²) in [6, 6.07) is 15.3. The van der Waals surface area contributed by atoms with Crippen LogP contribution in [0.15, 0.2) is 58.1 Å². The van der Waals surface area contributed by atoms with Crippen molar-refractivity contribution in [2.24, 2.45) is 12.1 Å². The molecule has 5 heteroatoms. The molecule has 0 unspecified atom stereocenters. The van der Waals surface area contributed by atoms with Gasteiger partial charge in [-0.1, -0.05) is 40.2 Å². The molecule has 116 valence electrons.